The second-order valence-electron chi connectivity index (χ2n) is 5.12. The van der Waals surface area contributed by atoms with E-state index in [1.165, 1.54) is 26.2 Å². The monoisotopic (exact) mass is 408 g/mol. The number of methoxy groups -OCH3 is 1. The summed E-state index contributed by atoms with van der Waals surface area (Å²) in [5.41, 5.74) is -0.803. The van der Waals surface area contributed by atoms with Gasteiger partial charge in [0.1, 0.15) is 17.2 Å². The van der Waals surface area contributed by atoms with Crippen molar-refractivity contribution in [3.8, 4) is 17.2 Å². The summed E-state index contributed by atoms with van der Waals surface area (Å²) in [6, 6.07) is 6.76. The molecule has 2 rings (SSSR count). The third kappa shape index (κ3) is 4.95. The molecule has 0 amide bonds. The Hall–Kier alpha value is -2.12. The van der Waals surface area contributed by atoms with Crippen LogP contribution in [0.2, 0.25) is 10.0 Å². The zero-order valence-electron chi connectivity index (χ0n) is 13.6. The van der Waals surface area contributed by atoms with Crippen molar-refractivity contribution in [3.63, 3.8) is 0 Å². The standard InChI is InChI=1S/C17H13Cl2F3O4/c1-9(16(23)24-2)25-14-8-15(13(19)7-12(14)18)26-11-5-3-10(4-6-11)17(20,21)22/h3-9H,1-2H3. The molecular weight excluding hydrogens is 396 g/mol. The first kappa shape index (κ1) is 20.2. The van der Waals surface area contributed by atoms with Gasteiger partial charge in [-0.3, -0.25) is 0 Å². The van der Waals surface area contributed by atoms with E-state index in [9.17, 15) is 18.0 Å². The number of rotatable bonds is 5. The molecule has 0 radical (unpaired) electrons. The average molecular weight is 409 g/mol. The lowest BCUT2D eigenvalue weighted by atomic mass is 10.2. The van der Waals surface area contributed by atoms with Gasteiger partial charge in [-0.1, -0.05) is 23.2 Å². The fraction of sp³-hybridized carbons (Fsp3) is 0.235. The maximum atomic E-state index is 12.6. The molecule has 2 aromatic carbocycles. The normalized spacial score (nSPS) is 12.4. The van der Waals surface area contributed by atoms with Crippen molar-refractivity contribution in [2.45, 2.75) is 19.2 Å². The number of hydrogen-bond donors (Lipinski definition) is 0. The van der Waals surface area contributed by atoms with E-state index in [-0.39, 0.29) is 27.3 Å². The molecule has 1 atom stereocenters. The topological polar surface area (TPSA) is 44.8 Å². The van der Waals surface area contributed by atoms with Crippen LogP contribution in [-0.4, -0.2) is 19.2 Å². The van der Waals surface area contributed by atoms with Crippen LogP contribution in [0.25, 0.3) is 0 Å². The molecule has 0 heterocycles. The predicted molar refractivity (Wildman–Crippen MR) is 90.1 cm³/mol. The maximum Gasteiger partial charge on any atom is 0.416 e. The zero-order chi connectivity index (χ0) is 19.5. The molecule has 0 saturated carbocycles. The molecule has 0 aliphatic rings. The van der Waals surface area contributed by atoms with Crippen LogP contribution in [0.3, 0.4) is 0 Å². The molecule has 9 heteroatoms. The van der Waals surface area contributed by atoms with Gasteiger partial charge < -0.3 is 14.2 Å². The van der Waals surface area contributed by atoms with Gasteiger partial charge in [0, 0.05) is 6.07 Å². The molecule has 0 bridgehead atoms. The largest absolute Gasteiger partial charge is 0.477 e. The minimum Gasteiger partial charge on any atom is -0.477 e. The third-order valence-corrected chi connectivity index (χ3v) is 3.82. The first-order chi connectivity index (χ1) is 12.1. The highest BCUT2D eigenvalue weighted by atomic mass is 35.5. The molecule has 26 heavy (non-hydrogen) atoms. The van der Waals surface area contributed by atoms with Crippen molar-refractivity contribution in [2.75, 3.05) is 7.11 Å². The molecule has 0 aliphatic carbocycles. The molecule has 0 aliphatic heterocycles. The molecular formula is C17H13Cl2F3O4. The van der Waals surface area contributed by atoms with Gasteiger partial charge in [0.15, 0.2) is 6.10 Å². The van der Waals surface area contributed by atoms with Crippen molar-refractivity contribution >= 4 is 29.2 Å². The molecule has 2 aromatic rings. The minimum atomic E-state index is -4.44. The number of alkyl halides is 3. The van der Waals surface area contributed by atoms with Crippen LogP contribution in [0.5, 0.6) is 17.2 Å². The summed E-state index contributed by atoms with van der Waals surface area (Å²) in [5, 5.41) is 0.249. The molecule has 0 saturated heterocycles. The number of hydrogen-bond acceptors (Lipinski definition) is 4. The Labute approximate surface area is 157 Å². The van der Waals surface area contributed by atoms with Crippen LogP contribution in [-0.2, 0) is 15.7 Å². The predicted octanol–water partition coefficient (Wildman–Crippen LogP) is 5.74. The van der Waals surface area contributed by atoms with Crippen LogP contribution in [0.4, 0.5) is 13.2 Å². The van der Waals surface area contributed by atoms with E-state index in [0.29, 0.717) is 0 Å². The van der Waals surface area contributed by atoms with Crippen molar-refractivity contribution in [1.82, 2.24) is 0 Å². The van der Waals surface area contributed by atoms with Gasteiger partial charge in [-0.2, -0.15) is 13.2 Å². The lowest BCUT2D eigenvalue weighted by molar-refractivity contribution is -0.148. The first-order valence-corrected chi connectivity index (χ1v) is 7.96. The number of esters is 1. The zero-order valence-corrected chi connectivity index (χ0v) is 15.1. The average Bonchev–Trinajstić information content (AvgIpc) is 2.57. The highest BCUT2D eigenvalue weighted by molar-refractivity contribution is 6.36. The van der Waals surface area contributed by atoms with Crippen molar-refractivity contribution in [3.05, 3.63) is 52.0 Å². The molecule has 4 nitrogen and oxygen atoms in total. The smallest absolute Gasteiger partial charge is 0.416 e. The lowest BCUT2D eigenvalue weighted by Gasteiger charge is -2.16. The van der Waals surface area contributed by atoms with Crippen LogP contribution in [0, 0.1) is 0 Å². The number of ether oxygens (including phenoxy) is 3. The summed E-state index contributed by atoms with van der Waals surface area (Å²) in [6.45, 7) is 1.47. The van der Waals surface area contributed by atoms with E-state index in [4.69, 9.17) is 32.7 Å². The van der Waals surface area contributed by atoms with Gasteiger partial charge in [0.25, 0.3) is 0 Å². The Morgan fingerprint density at radius 1 is 1.04 bits per heavy atom. The highest BCUT2D eigenvalue weighted by Gasteiger charge is 2.30. The Kier molecular flexibility index (Phi) is 6.26. The van der Waals surface area contributed by atoms with Crippen molar-refractivity contribution in [2.24, 2.45) is 0 Å². The molecule has 0 fully saturated rings. The summed E-state index contributed by atoms with van der Waals surface area (Å²) >= 11 is 12.1. The first-order valence-electron chi connectivity index (χ1n) is 7.20. The Bertz CT molecular complexity index is 792. The Morgan fingerprint density at radius 2 is 1.62 bits per heavy atom. The van der Waals surface area contributed by atoms with Crippen molar-refractivity contribution in [1.29, 1.82) is 0 Å². The SMILES string of the molecule is COC(=O)C(C)Oc1cc(Oc2ccc(C(F)(F)F)cc2)c(Cl)cc1Cl. The summed E-state index contributed by atoms with van der Waals surface area (Å²) in [5.74, 6) is -0.269. The lowest BCUT2D eigenvalue weighted by Crippen LogP contribution is -2.25. The van der Waals surface area contributed by atoms with Gasteiger partial charge in [-0.25, -0.2) is 4.79 Å². The summed E-state index contributed by atoms with van der Waals surface area (Å²) in [6.07, 6.45) is -5.38. The van der Waals surface area contributed by atoms with Gasteiger partial charge in [-0.05, 0) is 37.3 Å². The van der Waals surface area contributed by atoms with E-state index < -0.39 is 23.8 Å². The summed E-state index contributed by atoms with van der Waals surface area (Å²) < 4.78 is 53.2. The fourth-order valence-electron chi connectivity index (χ4n) is 1.92. The van der Waals surface area contributed by atoms with E-state index >= 15 is 0 Å². The van der Waals surface area contributed by atoms with Crippen molar-refractivity contribution < 1.29 is 32.2 Å². The highest BCUT2D eigenvalue weighted by Crippen LogP contribution is 2.39. The Balaban J connectivity index is 2.24. The van der Waals surface area contributed by atoms with Gasteiger partial charge in [0.05, 0.1) is 22.7 Å². The van der Waals surface area contributed by atoms with E-state index in [0.717, 1.165) is 24.3 Å². The van der Waals surface area contributed by atoms with Gasteiger partial charge >= 0.3 is 12.1 Å². The van der Waals surface area contributed by atoms with Crippen LogP contribution < -0.4 is 9.47 Å². The second-order valence-corrected chi connectivity index (χ2v) is 5.93. The molecule has 0 aromatic heterocycles. The quantitative estimate of drug-likeness (QED) is 0.591. The van der Waals surface area contributed by atoms with Crippen LogP contribution in [0.1, 0.15) is 12.5 Å². The van der Waals surface area contributed by atoms with Gasteiger partial charge in [-0.15, -0.1) is 0 Å². The number of carbonyl (C=O) groups is 1. The molecule has 1 unspecified atom stereocenters. The molecule has 0 N–H and O–H groups in total. The third-order valence-electron chi connectivity index (χ3n) is 3.23. The molecule has 0 spiro atoms. The summed E-state index contributed by atoms with van der Waals surface area (Å²) in [7, 11) is 1.21. The summed E-state index contributed by atoms with van der Waals surface area (Å²) in [4.78, 5) is 11.4. The minimum absolute atomic E-state index is 0.0999. The number of carbonyl (C=O) groups excluding carboxylic acids is 1. The van der Waals surface area contributed by atoms with E-state index in [1.54, 1.807) is 0 Å². The fourth-order valence-corrected chi connectivity index (χ4v) is 2.39. The van der Waals surface area contributed by atoms with Gasteiger partial charge in [0.2, 0.25) is 0 Å². The van der Waals surface area contributed by atoms with Crippen LogP contribution in [0.15, 0.2) is 36.4 Å². The maximum absolute atomic E-state index is 12.6. The second kappa shape index (κ2) is 8.05. The Morgan fingerprint density at radius 3 is 2.15 bits per heavy atom. The van der Waals surface area contributed by atoms with Crippen LogP contribution >= 0.6 is 23.2 Å². The van der Waals surface area contributed by atoms with E-state index in [1.807, 2.05) is 0 Å². The number of benzene rings is 2. The van der Waals surface area contributed by atoms with E-state index in [2.05, 4.69) is 4.74 Å². The molecule has 140 valence electrons. The number of halogens is 5.